The summed E-state index contributed by atoms with van der Waals surface area (Å²) in [6.07, 6.45) is 7.88. The van der Waals surface area contributed by atoms with E-state index < -0.39 is 38.4 Å². The number of carbonyl (C=O) groups is 1. The van der Waals surface area contributed by atoms with Crippen molar-refractivity contribution in [3.05, 3.63) is 47.1 Å². The number of aryl methyl sites for hydroxylation is 1. The second-order valence-electron chi connectivity index (χ2n) is 12.8. The zero-order valence-corrected chi connectivity index (χ0v) is 26.0. The van der Waals surface area contributed by atoms with E-state index in [1.807, 2.05) is 52.0 Å². The fourth-order valence-electron chi connectivity index (χ4n) is 4.54. The molecule has 0 bridgehead atoms. The molecule has 2 aliphatic rings. The molecule has 212 valence electrons. The Morgan fingerprint density at radius 3 is 2.45 bits per heavy atom. The van der Waals surface area contributed by atoms with Crippen molar-refractivity contribution in [2.75, 3.05) is 0 Å². The van der Waals surface area contributed by atoms with E-state index >= 15 is 0 Å². The van der Waals surface area contributed by atoms with Crippen molar-refractivity contribution >= 4 is 20.4 Å². The maximum absolute atomic E-state index is 13.8. The lowest BCUT2D eigenvalue weighted by molar-refractivity contribution is -0.152. The number of benzene rings is 1. The molecule has 5 atom stereocenters. The molecule has 3 rings (SSSR count). The van der Waals surface area contributed by atoms with E-state index in [4.69, 9.17) is 18.6 Å². The molecule has 0 spiro atoms. The van der Waals surface area contributed by atoms with Crippen LogP contribution in [-0.4, -0.2) is 49.6 Å². The molecule has 0 saturated carbocycles. The lowest BCUT2D eigenvalue weighted by Crippen LogP contribution is -2.44. The molecule has 1 aromatic rings. The molecule has 6 nitrogen and oxygen atoms in total. The Bertz CT molecular complexity index is 1050. The van der Waals surface area contributed by atoms with Crippen LogP contribution < -0.4 is 4.43 Å². The Morgan fingerprint density at radius 1 is 1.13 bits per heavy atom. The normalized spacial score (nSPS) is 30.0. The van der Waals surface area contributed by atoms with E-state index in [-0.39, 0.29) is 17.1 Å². The molecule has 38 heavy (non-hydrogen) atoms. The number of fused-ring (bicyclic) bond motifs is 2. The number of ether oxygens (including phenoxy) is 3. The van der Waals surface area contributed by atoms with Crippen molar-refractivity contribution in [3.63, 3.8) is 0 Å². The van der Waals surface area contributed by atoms with Crippen molar-refractivity contribution in [1.82, 2.24) is 0 Å². The zero-order chi connectivity index (χ0) is 28.5. The summed E-state index contributed by atoms with van der Waals surface area (Å²) in [6.45, 7) is 20.7. The zero-order valence-electron chi connectivity index (χ0n) is 25.0. The second-order valence-corrected chi connectivity index (χ2v) is 17.5. The van der Waals surface area contributed by atoms with Crippen molar-refractivity contribution in [2.45, 2.75) is 123 Å². The first-order valence-corrected chi connectivity index (χ1v) is 16.9. The number of hydrogen-bond acceptors (Lipinski definition) is 6. The molecule has 1 N–H and O–H groups in total. The van der Waals surface area contributed by atoms with Crippen LogP contribution in [-0.2, 0) is 20.6 Å². The van der Waals surface area contributed by atoms with Gasteiger partial charge < -0.3 is 23.7 Å². The fourth-order valence-corrected chi connectivity index (χ4v) is 5.56. The van der Waals surface area contributed by atoms with Gasteiger partial charge in [-0.3, -0.25) is 0 Å². The predicted molar refractivity (Wildman–Crippen MR) is 155 cm³/mol. The Labute approximate surface area is 230 Å². The van der Waals surface area contributed by atoms with E-state index in [1.165, 1.54) is 0 Å². The number of aliphatic hydroxyl groups is 1. The summed E-state index contributed by atoms with van der Waals surface area (Å²) in [5.41, 5.74) is 2.36. The highest BCUT2D eigenvalue weighted by Gasteiger charge is 2.44. The van der Waals surface area contributed by atoms with Crippen LogP contribution in [0.5, 0.6) is 5.75 Å². The molecule has 0 aromatic heterocycles. The van der Waals surface area contributed by atoms with Crippen LogP contribution in [0.25, 0.3) is 6.08 Å². The van der Waals surface area contributed by atoms with Crippen LogP contribution in [0.4, 0.5) is 0 Å². The second kappa shape index (κ2) is 11.7. The van der Waals surface area contributed by atoms with Crippen LogP contribution in [0.15, 0.2) is 30.4 Å². The third kappa shape index (κ3) is 7.17. The van der Waals surface area contributed by atoms with Gasteiger partial charge in [-0.25, -0.2) is 4.79 Å². The van der Waals surface area contributed by atoms with Gasteiger partial charge in [0.25, 0.3) is 8.32 Å². The maximum Gasteiger partial charge on any atom is 0.342 e. The number of aliphatic hydroxyl groups excluding tert-OH is 1. The predicted octanol–water partition coefficient (Wildman–Crippen LogP) is 7.06. The molecule has 0 aliphatic carbocycles. The SMILES string of the molecule is CCCc1cc2c(c(O[Si](C)(C)C(C)(C)C)c1)C(=O)O[C@@H](C)[C@H](C)/C=C\C(O)[C@H]1OC(C)(C)O[C@H]1C/C=C/2. The first-order chi connectivity index (χ1) is 17.5. The van der Waals surface area contributed by atoms with Crippen LogP contribution in [0.2, 0.25) is 18.1 Å². The van der Waals surface area contributed by atoms with Crippen LogP contribution in [0.1, 0.15) is 89.7 Å². The summed E-state index contributed by atoms with van der Waals surface area (Å²) >= 11 is 0. The minimum Gasteiger partial charge on any atom is -0.543 e. The number of hydrogen-bond donors (Lipinski definition) is 1. The first kappa shape index (κ1) is 30.6. The number of cyclic esters (lactones) is 1. The third-order valence-corrected chi connectivity index (χ3v) is 12.3. The highest BCUT2D eigenvalue weighted by molar-refractivity contribution is 6.74. The molecular weight excluding hydrogens is 496 g/mol. The summed E-state index contributed by atoms with van der Waals surface area (Å²) in [5, 5.41) is 10.9. The van der Waals surface area contributed by atoms with Crippen LogP contribution in [0.3, 0.4) is 0 Å². The van der Waals surface area contributed by atoms with Gasteiger partial charge in [0.15, 0.2) is 5.79 Å². The van der Waals surface area contributed by atoms with Crippen LogP contribution >= 0.6 is 0 Å². The highest BCUT2D eigenvalue weighted by Crippen LogP contribution is 2.40. The number of rotatable bonds is 4. The molecular formula is C31H48O6Si. The summed E-state index contributed by atoms with van der Waals surface area (Å²) in [4.78, 5) is 13.8. The van der Waals surface area contributed by atoms with Gasteiger partial charge in [0.1, 0.15) is 29.6 Å². The molecule has 0 amide bonds. The Balaban J connectivity index is 2.15. The van der Waals surface area contributed by atoms with Crippen molar-refractivity contribution in [1.29, 1.82) is 0 Å². The van der Waals surface area contributed by atoms with E-state index in [9.17, 15) is 9.90 Å². The summed E-state index contributed by atoms with van der Waals surface area (Å²) in [7, 11) is -2.24. The molecule has 0 radical (unpaired) electrons. The number of esters is 1. The van der Waals surface area contributed by atoms with Crippen molar-refractivity contribution in [3.8, 4) is 5.75 Å². The smallest absolute Gasteiger partial charge is 0.342 e. The van der Waals surface area contributed by atoms with Gasteiger partial charge >= 0.3 is 5.97 Å². The Morgan fingerprint density at radius 2 is 1.82 bits per heavy atom. The van der Waals surface area contributed by atoms with Gasteiger partial charge in [-0.15, -0.1) is 0 Å². The van der Waals surface area contributed by atoms with Gasteiger partial charge in [0, 0.05) is 5.92 Å². The minimum absolute atomic E-state index is 0.0308. The molecule has 2 heterocycles. The molecule has 1 saturated heterocycles. The van der Waals surface area contributed by atoms with Gasteiger partial charge in [0.2, 0.25) is 0 Å². The summed E-state index contributed by atoms with van der Waals surface area (Å²) < 4.78 is 25.0. The molecule has 1 fully saturated rings. The quantitative estimate of drug-likeness (QED) is 0.248. The van der Waals surface area contributed by atoms with Gasteiger partial charge in [-0.2, -0.15) is 0 Å². The van der Waals surface area contributed by atoms with Gasteiger partial charge in [-0.1, -0.05) is 71.4 Å². The average Bonchev–Trinajstić information content (AvgIpc) is 3.10. The standard InChI is InChI=1S/C31H48O6Si/c1-11-13-22-18-23-14-12-15-25-28(36-31(7,8)35-25)24(32)17-16-20(2)21(3)34-29(33)27(23)26(19-22)37-38(9,10)30(4,5)6/h12,14,16-21,24-25,28,32H,11,13,15H2,1-10H3/b14-12+,17-16-/t20-,21+,24?,25+,28-/m1/s1. The minimum atomic E-state index is -2.24. The van der Waals surface area contributed by atoms with Crippen molar-refractivity contribution < 1.29 is 28.5 Å². The van der Waals surface area contributed by atoms with E-state index in [0.29, 0.717) is 17.7 Å². The Hall–Kier alpha value is -1.93. The van der Waals surface area contributed by atoms with E-state index in [1.54, 1.807) is 6.08 Å². The summed E-state index contributed by atoms with van der Waals surface area (Å²) in [5.74, 6) is -0.704. The van der Waals surface area contributed by atoms with E-state index in [2.05, 4.69) is 46.9 Å². The third-order valence-electron chi connectivity index (χ3n) is 7.98. The lowest BCUT2D eigenvalue weighted by atomic mass is 9.97. The topological polar surface area (TPSA) is 74.2 Å². The Kier molecular flexibility index (Phi) is 9.40. The fraction of sp³-hybridized carbons (Fsp3) is 0.645. The number of carbonyl (C=O) groups excluding carboxylic acids is 1. The highest BCUT2D eigenvalue weighted by atomic mass is 28.4. The lowest BCUT2D eigenvalue weighted by Gasteiger charge is -2.37. The average molecular weight is 545 g/mol. The van der Waals surface area contributed by atoms with Gasteiger partial charge in [-0.05, 0) is 68.9 Å². The summed E-state index contributed by atoms with van der Waals surface area (Å²) in [6, 6.07) is 4.09. The molecule has 1 aromatic carbocycles. The van der Waals surface area contributed by atoms with Crippen LogP contribution in [0, 0.1) is 5.92 Å². The maximum atomic E-state index is 13.8. The largest absolute Gasteiger partial charge is 0.543 e. The first-order valence-electron chi connectivity index (χ1n) is 14.0. The van der Waals surface area contributed by atoms with Gasteiger partial charge in [0.05, 0.1) is 6.10 Å². The van der Waals surface area contributed by atoms with Crippen molar-refractivity contribution in [2.24, 2.45) is 5.92 Å². The molecule has 1 unspecified atom stereocenters. The monoisotopic (exact) mass is 544 g/mol. The van der Waals surface area contributed by atoms with E-state index in [0.717, 1.165) is 24.0 Å². The molecule has 2 aliphatic heterocycles. The molecule has 7 heteroatoms.